The number of hydrogen-bond donors (Lipinski definition) is 1. The van der Waals surface area contributed by atoms with Crippen LogP contribution >= 0.6 is 11.8 Å². The van der Waals surface area contributed by atoms with E-state index in [1.165, 1.54) is 5.56 Å². The van der Waals surface area contributed by atoms with Crippen molar-refractivity contribution >= 4 is 22.6 Å². The van der Waals surface area contributed by atoms with Crippen molar-refractivity contribution in [3.05, 3.63) is 35.9 Å². The number of amidine groups is 1. The van der Waals surface area contributed by atoms with E-state index in [-0.39, 0.29) is 0 Å². The van der Waals surface area contributed by atoms with E-state index in [1.54, 1.807) is 11.8 Å². The maximum atomic E-state index is 5.50. The molecule has 0 radical (unpaired) electrons. The van der Waals surface area contributed by atoms with Gasteiger partial charge in [0.15, 0.2) is 5.17 Å². The maximum absolute atomic E-state index is 5.50. The number of nitrogens with two attached hydrogens (primary N) is 1. The zero-order valence-electron chi connectivity index (χ0n) is 7.68. The summed E-state index contributed by atoms with van der Waals surface area (Å²) in [6.45, 7) is 0. The average molecular weight is 205 g/mol. The van der Waals surface area contributed by atoms with Crippen LogP contribution in [0.3, 0.4) is 0 Å². The topological polar surface area (TPSA) is 50.7 Å². The molecule has 14 heavy (non-hydrogen) atoms. The number of nitrogens with zero attached hydrogens (tertiary/aromatic N) is 2. The molecule has 1 aliphatic heterocycles. The van der Waals surface area contributed by atoms with Gasteiger partial charge < -0.3 is 5.73 Å². The summed E-state index contributed by atoms with van der Waals surface area (Å²) in [7, 11) is 0. The second kappa shape index (κ2) is 4.28. The zero-order valence-corrected chi connectivity index (χ0v) is 8.50. The summed E-state index contributed by atoms with van der Waals surface area (Å²) in [6.07, 6.45) is 0.866. The van der Waals surface area contributed by atoms with Crippen LogP contribution in [0.1, 0.15) is 5.56 Å². The van der Waals surface area contributed by atoms with Crippen LogP contribution < -0.4 is 5.73 Å². The summed E-state index contributed by atoms with van der Waals surface area (Å²) in [5.74, 6) is 0.851. The third kappa shape index (κ3) is 2.35. The van der Waals surface area contributed by atoms with Crippen LogP contribution in [-0.4, -0.2) is 16.6 Å². The first-order chi connectivity index (χ1) is 6.84. The van der Waals surface area contributed by atoms with Crippen molar-refractivity contribution in [2.24, 2.45) is 15.9 Å². The Labute approximate surface area is 87.1 Å². The second-order valence-electron chi connectivity index (χ2n) is 3.06. The fourth-order valence-electron chi connectivity index (χ4n) is 1.25. The molecule has 0 aromatic heterocycles. The van der Waals surface area contributed by atoms with Crippen molar-refractivity contribution in [1.82, 2.24) is 0 Å². The Balaban J connectivity index is 2.06. The molecule has 0 saturated carbocycles. The number of thioether (sulfide) groups is 1. The lowest BCUT2D eigenvalue weighted by molar-refractivity contribution is 1.17. The fraction of sp³-hybridized carbons (Fsp3) is 0.200. The van der Waals surface area contributed by atoms with Gasteiger partial charge in [-0.2, -0.15) is 5.10 Å². The van der Waals surface area contributed by atoms with Crippen LogP contribution in [0.5, 0.6) is 0 Å². The van der Waals surface area contributed by atoms with E-state index in [9.17, 15) is 0 Å². The third-order valence-corrected chi connectivity index (χ3v) is 2.78. The van der Waals surface area contributed by atoms with Crippen LogP contribution in [-0.2, 0) is 6.42 Å². The molecular formula is C10H11N3S. The largest absolute Gasteiger partial charge is 0.377 e. The second-order valence-corrected chi connectivity index (χ2v) is 4.05. The predicted octanol–water partition coefficient (Wildman–Crippen LogP) is 1.65. The van der Waals surface area contributed by atoms with Gasteiger partial charge in [0.25, 0.3) is 0 Å². The van der Waals surface area contributed by atoms with E-state index in [1.807, 2.05) is 18.2 Å². The smallest absolute Gasteiger partial charge is 0.180 e. The first-order valence-corrected chi connectivity index (χ1v) is 5.39. The molecule has 1 aromatic carbocycles. The SMILES string of the molecule is NC1=NN=C(Cc2ccccc2)CS1. The number of benzene rings is 1. The monoisotopic (exact) mass is 205 g/mol. The molecular weight excluding hydrogens is 194 g/mol. The fourth-order valence-corrected chi connectivity index (χ4v) is 1.83. The molecule has 4 heteroatoms. The molecule has 0 spiro atoms. The van der Waals surface area contributed by atoms with Gasteiger partial charge >= 0.3 is 0 Å². The van der Waals surface area contributed by atoms with Crippen molar-refractivity contribution in [3.8, 4) is 0 Å². The Morgan fingerprint density at radius 3 is 2.64 bits per heavy atom. The van der Waals surface area contributed by atoms with E-state index >= 15 is 0 Å². The van der Waals surface area contributed by atoms with E-state index in [4.69, 9.17) is 5.73 Å². The predicted molar refractivity (Wildman–Crippen MR) is 61.7 cm³/mol. The van der Waals surface area contributed by atoms with Crippen molar-refractivity contribution < 1.29 is 0 Å². The minimum Gasteiger partial charge on any atom is -0.377 e. The first-order valence-electron chi connectivity index (χ1n) is 4.40. The summed E-state index contributed by atoms with van der Waals surface area (Å²) < 4.78 is 0. The van der Waals surface area contributed by atoms with Gasteiger partial charge in [-0.15, -0.1) is 5.10 Å². The normalized spacial score (nSPS) is 16.0. The Morgan fingerprint density at radius 2 is 2.00 bits per heavy atom. The van der Waals surface area contributed by atoms with Crippen LogP contribution in [0.4, 0.5) is 0 Å². The number of rotatable bonds is 2. The summed E-state index contributed by atoms with van der Waals surface area (Å²) in [5.41, 5.74) is 7.84. The summed E-state index contributed by atoms with van der Waals surface area (Å²) in [5, 5.41) is 8.47. The molecule has 0 amide bonds. The molecule has 1 heterocycles. The van der Waals surface area contributed by atoms with Crippen LogP contribution in [0.2, 0.25) is 0 Å². The lowest BCUT2D eigenvalue weighted by Crippen LogP contribution is -2.17. The minimum atomic E-state index is 0.557. The van der Waals surface area contributed by atoms with Gasteiger partial charge in [-0.1, -0.05) is 42.1 Å². The highest BCUT2D eigenvalue weighted by atomic mass is 32.2. The standard InChI is InChI=1S/C10H11N3S/c11-10-13-12-9(7-14-10)6-8-4-2-1-3-5-8/h1-5H,6-7H2,(H2,11,13). The third-order valence-electron chi connectivity index (χ3n) is 1.93. The van der Waals surface area contributed by atoms with Crippen LogP contribution in [0.25, 0.3) is 0 Å². The van der Waals surface area contributed by atoms with Gasteiger partial charge in [0, 0.05) is 12.2 Å². The maximum Gasteiger partial charge on any atom is 0.180 e. The van der Waals surface area contributed by atoms with Gasteiger partial charge in [-0.3, -0.25) is 0 Å². The van der Waals surface area contributed by atoms with Crippen molar-refractivity contribution in [1.29, 1.82) is 0 Å². The molecule has 0 fully saturated rings. The highest BCUT2D eigenvalue weighted by molar-refractivity contribution is 8.14. The highest BCUT2D eigenvalue weighted by Crippen LogP contribution is 2.11. The van der Waals surface area contributed by atoms with Gasteiger partial charge in [0.1, 0.15) is 0 Å². The molecule has 0 aliphatic carbocycles. The van der Waals surface area contributed by atoms with E-state index in [0.717, 1.165) is 17.9 Å². The highest BCUT2D eigenvalue weighted by Gasteiger charge is 2.07. The molecule has 1 aliphatic rings. The van der Waals surface area contributed by atoms with Crippen LogP contribution in [0.15, 0.2) is 40.5 Å². The molecule has 2 N–H and O–H groups in total. The van der Waals surface area contributed by atoms with E-state index in [0.29, 0.717) is 5.17 Å². The molecule has 2 rings (SSSR count). The van der Waals surface area contributed by atoms with Crippen molar-refractivity contribution in [2.75, 3.05) is 5.75 Å². The van der Waals surface area contributed by atoms with Gasteiger partial charge in [0.05, 0.1) is 5.71 Å². The molecule has 72 valence electrons. The Hall–Kier alpha value is -1.29. The lowest BCUT2D eigenvalue weighted by atomic mass is 10.1. The van der Waals surface area contributed by atoms with Crippen molar-refractivity contribution in [2.45, 2.75) is 6.42 Å². The first kappa shape index (κ1) is 9.27. The Bertz CT molecular complexity index is 370. The van der Waals surface area contributed by atoms with Gasteiger partial charge in [0.2, 0.25) is 0 Å². The summed E-state index contributed by atoms with van der Waals surface area (Å²) >= 11 is 1.54. The van der Waals surface area contributed by atoms with E-state index < -0.39 is 0 Å². The summed E-state index contributed by atoms with van der Waals surface area (Å²) in [6, 6.07) is 10.3. The van der Waals surface area contributed by atoms with Gasteiger partial charge in [-0.05, 0) is 5.56 Å². The minimum absolute atomic E-state index is 0.557. The van der Waals surface area contributed by atoms with Crippen LogP contribution in [0, 0.1) is 0 Å². The molecule has 0 unspecified atom stereocenters. The summed E-state index contributed by atoms with van der Waals surface area (Å²) in [4.78, 5) is 0. The van der Waals surface area contributed by atoms with Gasteiger partial charge in [-0.25, -0.2) is 0 Å². The Kier molecular flexibility index (Phi) is 2.84. The Morgan fingerprint density at radius 1 is 1.21 bits per heavy atom. The number of hydrogen-bond acceptors (Lipinski definition) is 4. The average Bonchev–Trinajstić information content (AvgIpc) is 2.23. The lowest BCUT2D eigenvalue weighted by Gasteiger charge is -2.08. The molecule has 1 aromatic rings. The quantitative estimate of drug-likeness (QED) is 0.798. The van der Waals surface area contributed by atoms with E-state index in [2.05, 4.69) is 22.3 Å². The van der Waals surface area contributed by atoms with Crippen molar-refractivity contribution in [3.63, 3.8) is 0 Å². The molecule has 0 saturated heterocycles. The molecule has 3 nitrogen and oxygen atoms in total. The molecule has 0 bridgehead atoms. The molecule has 0 atom stereocenters. The zero-order chi connectivity index (χ0) is 9.80.